The van der Waals surface area contributed by atoms with Crippen molar-refractivity contribution in [3.05, 3.63) is 40.7 Å². The maximum absolute atomic E-state index is 12.6. The monoisotopic (exact) mass is 422 g/mol. The first-order valence-corrected chi connectivity index (χ1v) is 10.4. The van der Waals surface area contributed by atoms with Crippen molar-refractivity contribution in [1.29, 1.82) is 0 Å². The van der Waals surface area contributed by atoms with Crippen molar-refractivity contribution in [1.82, 2.24) is 14.8 Å². The van der Waals surface area contributed by atoms with Crippen LogP contribution in [-0.4, -0.2) is 33.0 Å². The summed E-state index contributed by atoms with van der Waals surface area (Å²) in [6.07, 6.45) is 0. The lowest BCUT2D eigenvalue weighted by Gasteiger charge is -2.14. The molecular formula is C18H19ClN4O2S2. The lowest BCUT2D eigenvalue weighted by Crippen LogP contribution is -2.23. The molecule has 0 saturated heterocycles. The Morgan fingerprint density at radius 2 is 2.22 bits per heavy atom. The lowest BCUT2D eigenvalue weighted by atomic mass is 10.3. The van der Waals surface area contributed by atoms with Crippen molar-refractivity contribution in [3.63, 3.8) is 0 Å². The topological polar surface area (TPSA) is 69.0 Å². The van der Waals surface area contributed by atoms with E-state index in [9.17, 15) is 4.79 Å². The van der Waals surface area contributed by atoms with Gasteiger partial charge in [-0.3, -0.25) is 4.79 Å². The summed E-state index contributed by atoms with van der Waals surface area (Å²) in [6.45, 7) is 4.58. The Balaban J connectivity index is 1.75. The van der Waals surface area contributed by atoms with Gasteiger partial charge in [0.15, 0.2) is 11.0 Å². The van der Waals surface area contributed by atoms with Crippen molar-refractivity contribution in [2.24, 2.45) is 0 Å². The highest BCUT2D eigenvalue weighted by Crippen LogP contribution is 2.31. The first-order valence-electron chi connectivity index (χ1n) is 8.31. The van der Waals surface area contributed by atoms with Crippen LogP contribution in [0.15, 0.2) is 40.9 Å². The fourth-order valence-corrected chi connectivity index (χ4v) is 4.28. The van der Waals surface area contributed by atoms with Gasteiger partial charge in [-0.2, -0.15) is 0 Å². The number of anilines is 1. The minimum atomic E-state index is -0.376. The average Bonchev–Trinajstić information content (AvgIpc) is 3.31. The number of nitrogens with zero attached hydrogens (tertiary/aromatic N) is 3. The van der Waals surface area contributed by atoms with Gasteiger partial charge in [0, 0.05) is 11.6 Å². The number of carbonyl (C=O) groups is 1. The molecule has 1 atom stereocenters. The Morgan fingerprint density at radius 1 is 1.41 bits per heavy atom. The molecular weight excluding hydrogens is 404 g/mol. The number of thioether (sulfide) groups is 1. The predicted molar refractivity (Wildman–Crippen MR) is 111 cm³/mol. The number of methoxy groups -OCH3 is 1. The second-order valence-corrected chi connectivity index (χ2v) is 8.31. The largest absolute Gasteiger partial charge is 0.495 e. The molecule has 0 aliphatic carbocycles. The Bertz CT molecular complexity index is 928. The van der Waals surface area contributed by atoms with Crippen molar-refractivity contribution < 1.29 is 9.53 Å². The van der Waals surface area contributed by atoms with Crippen molar-refractivity contribution >= 4 is 46.3 Å². The molecule has 6 nitrogen and oxygen atoms in total. The normalized spacial score (nSPS) is 12.0. The quantitative estimate of drug-likeness (QED) is 0.553. The van der Waals surface area contributed by atoms with Crippen LogP contribution in [0.2, 0.25) is 5.02 Å². The van der Waals surface area contributed by atoms with Gasteiger partial charge in [-0.25, -0.2) is 0 Å². The summed E-state index contributed by atoms with van der Waals surface area (Å²) < 4.78 is 7.29. The third-order valence-electron chi connectivity index (χ3n) is 3.85. The van der Waals surface area contributed by atoms with Crippen LogP contribution in [0.1, 0.15) is 13.8 Å². The summed E-state index contributed by atoms with van der Waals surface area (Å²) >= 11 is 9.00. The van der Waals surface area contributed by atoms with Gasteiger partial charge in [-0.05, 0) is 43.5 Å². The second-order valence-electron chi connectivity index (χ2n) is 5.62. The zero-order valence-electron chi connectivity index (χ0n) is 15.1. The summed E-state index contributed by atoms with van der Waals surface area (Å²) in [5.41, 5.74) is 0.540. The molecule has 1 N–H and O–H groups in total. The number of aromatic nitrogens is 3. The van der Waals surface area contributed by atoms with E-state index in [4.69, 9.17) is 16.3 Å². The first kappa shape index (κ1) is 19.7. The number of hydrogen-bond donors (Lipinski definition) is 1. The standard InChI is InChI=1S/C18H19ClN4O2S2/c1-4-23-16(15-6-5-9-26-15)21-22-18(23)27-11(2)17(24)20-13-10-12(19)7-8-14(13)25-3/h5-11H,4H2,1-3H3,(H,20,24). The summed E-state index contributed by atoms with van der Waals surface area (Å²) in [5.74, 6) is 1.21. The second kappa shape index (κ2) is 8.77. The fraction of sp³-hybridized carbons (Fsp3) is 0.278. The summed E-state index contributed by atoms with van der Waals surface area (Å²) in [5, 5.41) is 14.3. The molecule has 3 aromatic rings. The third-order valence-corrected chi connectivity index (χ3v) is 6.03. The number of hydrogen-bond acceptors (Lipinski definition) is 6. The molecule has 3 rings (SSSR count). The number of thiophene rings is 1. The highest BCUT2D eigenvalue weighted by Gasteiger charge is 2.21. The Kier molecular flexibility index (Phi) is 6.41. The number of rotatable bonds is 7. The van der Waals surface area contributed by atoms with Gasteiger partial charge < -0.3 is 14.6 Å². The molecule has 142 valence electrons. The highest BCUT2D eigenvalue weighted by atomic mass is 35.5. The van der Waals surface area contributed by atoms with Gasteiger partial charge in [0.25, 0.3) is 0 Å². The van der Waals surface area contributed by atoms with Crippen LogP contribution >= 0.6 is 34.7 Å². The van der Waals surface area contributed by atoms with Gasteiger partial charge in [-0.15, -0.1) is 21.5 Å². The number of ether oxygens (including phenoxy) is 1. The van der Waals surface area contributed by atoms with Crippen LogP contribution in [0.3, 0.4) is 0 Å². The zero-order valence-corrected chi connectivity index (χ0v) is 17.5. The maximum Gasteiger partial charge on any atom is 0.237 e. The number of benzene rings is 1. The average molecular weight is 423 g/mol. The van der Waals surface area contributed by atoms with Crippen LogP contribution in [-0.2, 0) is 11.3 Å². The van der Waals surface area contributed by atoms with E-state index in [1.165, 1.54) is 11.8 Å². The van der Waals surface area contributed by atoms with Gasteiger partial charge in [0.2, 0.25) is 5.91 Å². The highest BCUT2D eigenvalue weighted by molar-refractivity contribution is 8.00. The summed E-state index contributed by atoms with van der Waals surface area (Å²) in [7, 11) is 1.55. The molecule has 2 aromatic heterocycles. The molecule has 27 heavy (non-hydrogen) atoms. The minimum Gasteiger partial charge on any atom is -0.495 e. The number of amides is 1. The Hall–Kier alpha value is -2.03. The molecule has 2 heterocycles. The third kappa shape index (κ3) is 4.45. The van der Waals surface area contributed by atoms with E-state index < -0.39 is 0 Å². The molecule has 0 saturated carbocycles. The van der Waals surface area contributed by atoms with Crippen LogP contribution in [0.4, 0.5) is 5.69 Å². The molecule has 9 heteroatoms. The molecule has 0 aliphatic heterocycles. The van der Waals surface area contributed by atoms with Crippen LogP contribution in [0, 0.1) is 0 Å². The zero-order chi connectivity index (χ0) is 19.4. The lowest BCUT2D eigenvalue weighted by molar-refractivity contribution is -0.115. The van der Waals surface area contributed by atoms with E-state index in [2.05, 4.69) is 15.5 Å². The van der Waals surface area contributed by atoms with Gasteiger partial charge in [0.1, 0.15) is 5.75 Å². The molecule has 1 amide bonds. The molecule has 0 radical (unpaired) electrons. The van der Waals surface area contributed by atoms with E-state index in [-0.39, 0.29) is 11.2 Å². The summed E-state index contributed by atoms with van der Waals surface area (Å²) in [6, 6.07) is 9.09. The Labute approximate surface area is 170 Å². The molecule has 0 fully saturated rings. The smallest absolute Gasteiger partial charge is 0.237 e. The molecule has 0 bridgehead atoms. The number of halogens is 1. The summed E-state index contributed by atoms with van der Waals surface area (Å²) in [4.78, 5) is 13.7. The molecule has 1 aromatic carbocycles. The maximum atomic E-state index is 12.6. The fourth-order valence-electron chi connectivity index (χ4n) is 2.47. The van der Waals surface area contributed by atoms with Crippen molar-refractivity contribution in [3.8, 4) is 16.5 Å². The first-order chi connectivity index (χ1) is 13.0. The molecule has 1 unspecified atom stereocenters. The van der Waals surface area contributed by atoms with Crippen LogP contribution < -0.4 is 10.1 Å². The van der Waals surface area contributed by atoms with Crippen molar-refractivity contribution in [2.45, 2.75) is 30.8 Å². The van der Waals surface area contributed by atoms with Gasteiger partial charge in [-0.1, -0.05) is 29.4 Å². The number of carbonyl (C=O) groups excluding carboxylic acids is 1. The van der Waals surface area contributed by atoms with Crippen LogP contribution in [0.5, 0.6) is 5.75 Å². The van der Waals surface area contributed by atoms with Crippen molar-refractivity contribution in [2.75, 3.05) is 12.4 Å². The SMILES string of the molecule is CCn1c(SC(C)C(=O)Nc2cc(Cl)ccc2OC)nnc1-c1cccs1. The van der Waals surface area contributed by atoms with E-state index in [1.807, 2.05) is 35.9 Å². The predicted octanol–water partition coefficient (Wildman–Crippen LogP) is 4.81. The number of nitrogens with one attached hydrogen (secondary N) is 1. The van der Waals surface area contributed by atoms with Gasteiger partial charge >= 0.3 is 0 Å². The van der Waals surface area contributed by atoms with E-state index >= 15 is 0 Å². The van der Waals surface area contributed by atoms with Gasteiger partial charge in [0.05, 0.1) is 22.9 Å². The minimum absolute atomic E-state index is 0.163. The van der Waals surface area contributed by atoms with Crippen LogP contribution in [0.25, 0.3) is 10.7 Å². The molecule has 0 spiro atoms. The van der Waals surface area contributed by atoms with E-state index in [0.717, 1.165) is 17.2 Å². The van der Waals surface area contributed by atoms with E-state index in [0.29, 0.717) is 21.6 Å². The molecule has 0 aliphatic rings. The Morgan fingerprint density at radius 3 is 2.89 bits per heavy atom. The van der Waals surface area contributed by atoms with E-state index in [1.54, 1.807) is 36.6 Å².